The van der Waals surface area contributed by atoms with Gasteiger partial charge >= 0.3 is 6.09 Å². The van der Waals surface area contributed by atoms with Crippen LogP contribution in [0.3, 0.4) is 0 Å². The summed E-state index contributed by atoms with van der Waals surface area (Å²) in [6.45, 7) is 1.49. The highest BCUT2D eigenvalue weighted by Gasteiger charge is 2.24. The van der Waals surface area contributed by atoms with E-state index in [1.54, 1.807) is 7.11 Å². The van der Waals surface area contributed by atoms with Gasteiger partial charge in [0.2, 0.25) is 0 Å². The molecule has 1 heterocycles. The molecule has 6 heteroatoms. The maximum absolute atomic E-state index is 11.8. The fraction of sp³-hybridized carbons (Fsp3) is 0.409. The van der Waals surface area contributed by atoms with Crippen molar-refractivity contribution in [3.63, 3.8) is 0 Å². The molecule has 0 bridgehead atoms. The highest BCUT2D eigenvalue weighted by Crippen LogP contribution is 2.29. The van der Waals surface area contributed by atoms with Gasteiger partial charge in [-0.1, -0.05) is 42.5 Å². The summed E-state index contributed by atoms with van der Waals surface area (Å²) in [7, 11) is 1.64. The second-order valence-corrected chi connectivity index (χ2v) is 6.65. The predicted molar refractivity (Wildman–Crippen MR) is 105 cm³/mol. The lowest BCUT2D eigenvalue weighted by molar-refractivity contribution is -0.218. The third-order valence-electron chi connectivity index (χ3n) is 4.60. The van der Waals surface area contributed by atoms with Crippen molar-refractivity contribution in [1.82, 2.24) is 5.32 Å². The lowest BCUT2D eigenvalue weighted by atomic mass is 10.1. The number of benzene rings is 2. The first-order valence-corrected chi connectivity index (χ1v) is 9.60. The van der Waals surface area contributed by atoms with Crippen molar-refractivity contribution in [1.29, 1.82) is 0 Å². The molecule has 28 heavy (non-hydrogen) atoms. The molecular weight excluding hydrogens is 358 g/mol. The minimum atomic E-state index is -0.396. The van der Waals surface area contributed by atoms with E-state index in [1.807, 2.05) is 54.6 Å². The molecule has 1 aliphatic rings. The molecule has 0 spiro atoms. The minimum absolute atomic E-state index is 0.114. The molecule has 6 nitrogen and oxygen atoms in total. The molecular formula is C22H27NO5. The molecule has 2 aromatic rings. The Morgan fingerprint density at radius 1 is 1.14 bits per heavy atom. The SMILES string of the molecule is COc1ccc(C2OCC[C@H](CCCNC(=O)OCc3ccccc3)O2)cc1. The maximum atomic E-state index is 11.8. The van der Waals surface area contributed by atoms with Crippen LogP contribution in [0.5, 0.6) is 5.75 Å². The van der Waals surface area contributed by atoms with Crippen LogP contribution in [0.2, 0.25) is 0 Å². The van der Waals surface area contributed by atoms with Gasteiger partial charge in [0.25, 0.3) is 0 Å². The Morgan fingerprint density at radius 3 is 2.68 bits per heavy atom. The number of carbonyl (C=O) groups excluding carboxylic acids is 1. The molecule has 2 aromatic carbocycles. The Morgan fingerprint density at radius 2 is 1.93 bits per heavy atom. The number of methoxy groups -OCH3 is 1. The number of ether oxygens (including phenoxy) is 4. The average Bonchev–Trinajstić information content (AvgIpc) is 2.76. The molecule has 1 fully saturated rings. The normalized spacial score (nSPS) is 19.0. The largest absolute Gasteiger partial charge is 0.497 e. The van der Waals surface area contributed by atoms with Gasteiger partial charge in [-0.3, -0.25) is 0 Å². The molecule has 1 aliphatic heterocycles. The Kier molecular flexibility index (Phi) is 7.70. The van der Waals surface area contributed by atoms with Crippen LogP contribution in [0.15, 0.2) is 54.6 Å². The van der Waals surface area contributed by atoms with Crippen molar-refractivity contribution < 1.29 is 23.7 Å². The monoisotopic (exact) mass is 385 g/mol. The summed E-state index contributed by atoms with van der Waals surface area (Å²) in [5.74, 6) is 0.807. The molecule has 2 atom stereocenters. The standard InChI is InChI=1S/C22H27NO5/c1-25-19-11-9-18(10-12-19)21-26-15-13-20(28-21)8-5-14-23-22(24)27-16-17-6-3-2-4-7-17/h2-4,6-7,9-12,20-21H,5,8,13-16H2,1H3,(H,23,24)/t20-,21?/m0/s1. The molecule has 150 valence electrons. The lowest BCUT2D eigenvalue weighted by Gasteiger charge is -2.30. The van der Waals surface area contributed by atoms with Crippen LogP contribution in [0, 0.1) is 0 Å². The fourth-order valence-corrected chi connectivity index (χ4v) is 3.03. The Hall–Kier alpha value is -2.57. The third kappa shape index (κ3) is 6.25. The van der Waals surface area contributed by atoms with Crippen LogP contribution in [0.1, 0.15) is 36.7 Å². The number of hydrogen-bond donors (Lipinski definition) is 1. The first-order valence-electron chi connectivity index (χ1n) is 9.60. The first kappa shape index (κ1) is 20.2. The van der Waals surface area contributed by atoms with Crippen molar-refractivity contribution >= 4 is 6.09 Å². The highest BCUT2D eigenvalue weighted by atomic mass is 16.7. The molecule has 1 saturated heterocycles. The van der Waals surface area contributed by atoms with Gasteiger partial charge in [-0.2, -0.15) is 0 Å². The highest BCUT2D eigenvalue weighted by molar-refractivity contribution is 5.67. The summed E-state index contributed by atoms with van der Waals surface area (Å²) in [4.78, 5) is 11.8. The van der Waals surface area contributed by atoms with Gasteiger partial charge in [-0.15, -0.1) is 0 Å². The van der Waals surface area contributed by atoms with Gasteiger partial charge < -0.3 is 24.3 Å². The first-order chi connectivity index (χ1) is 13.7. The zero-order valence-electron chi connectivity index (χ0n) is 16.1. The topological polar surface area (TPSA) is 66.0 Å². The van der Waals surface area contributed by atoms with Crippen LogP contribution in [-0.4, -0.2) is 32.5 Å². The smallest absolute Gasteiger partial charge is 0.407 e. The van der Waals surface area contributed by atoms with E-state index < -0.39 is 6.09 Å². The number of hydrogen-bond acceptors (Lipinski definition) is 5. The Balaban J connectivity index is 1.33. The molecule has 0 aromatic heterocycles. The van der Waals surface area contributed by atoms with E-state index >= 15 is 0 Å². The fourth-order valence-electron chi connectivity index (χ4n) is 3.03. The molecule has 0 radical (unpaired) electrons. The van der Waals surface area contributed by atoms with E-state index in [2.05, 4.69) is 5.32 Å². The second kappa shape index (κ2) is 10.7. The Bertz CT molecular complexity index is 719. The maximum Gasteiger partial charge on any atom is 0.407 e. The second-order valence-electron chi connectivity index (χ2n) is 6.65. The molecule has 0 saturated carbocycles. The summed E-state index contributed by atoms with van der Waals surface area (Å²) >= 11 is 0. The van der Waals surface area contributed by atoms with Gasteiger partial charge in [0.05, 0.1) is 19.8 Å². The average molecular weight is 385 g/mol. The number of carbonyl (C=O) groups is 1. The van der Waals surface area contributed by atoms with Crippen LogP contribution in [-0.2, 0) is 20.8 Å². The zero-order valence-corrected chi connectivity index (χ0v) is 16.1. The van der Waals surface area contributed by atoms with Crippen molar-refractivity contribution in [2.75, 3.05) is 20.3 Å². The number of rotatable bonds is 8. The number of nitrogens with one attached hydrogen (secondary N) is 1. The van der Waals surface area contributed by atoms with Crippen LogP contribution < -0.4 is 10.1 Å². The van der Waals surface area contributed by atoms with E-state index in [0.717, 1.165) is 36.1 Å². The predicted octanol–water partition coefficient (Wildman–Crippen LogP) is 4.21. The van der Waals surface area contributed by atoms with Crippen LogP contribution in [0.25, 0.3) is 0 Å². The molecule has 3 rings (SSSR count). The summed E-state index contributed by atoms with van der Waals surface area (Å²) in [5.41, 5.74) is 1.95. The van der Waals surface area contributed by atoms with Crippen LogP contribution in [0.4, 0.5) is 4.79 Å². The summed E-state index contributed by atoms with van der Waals surface area (Å²) < 4.78 is 22.2. The van der Waals surface area contributed by atoms with E-state index in [9.17, 15) is 4.79 Å². The van der Waals surface area contributed by atoms with Gasteiger partial charge in [-0.05, 0) is 37.0 Å². The van der Waals surface area contributed by atoms with Gasteiger partial charge in [0.15, 0.2) is 6.29 Å². The molecule has 1 N–H and O–H groups in total. The molecule has 0 aliphatic carbocycles. The van der Waals surface area contributed by atoms with E-state index in [0.29, 0.717) is 13.2 Å². The number of amides is 1. The van der Waals surface area contributed by atoms with Crippen molar-refractivity contribution in [2.45, 2.75) is 38.3 Å². The molecule has 1 unspecified atom stereocenters. The lowest BCUT2D eigenvalue weighted by Crippen LogP contribution is -2.29. The number of alkyl carbamates (subject to hydrolysis) is 1. The van der Waals surface area contributed by atoms with Crippen LogP contribution >= 0.6 is 0 Å². The summed E-state index contributed by atoms with van der Waals surface area (Å²) in [5, 5.41) is 2.79. The Labute approximate surface area is 165 Å². The van der Waals surface area contributed by atoms with E-state index in [4.69, 9.17) is 18.9 Å². The summed E-state index contributed by atoms with van der Waals surface area (Å²) in [6, 6.07) is 17.3. The van der Waals surface area contributed by atoms with E-state index in [-0.39, 0.29) is 19.0 Å². The van der Waals surface area contributed by atoms with Gasteiger partial charge in [-0.25, -0.2) is 4.79 Å². The van der Waals surface area contributed by atoms with Gasteiger partial charge in [0, 0.05) is 12.1 Å². The van der Waals surface area contributed by atoms with E-state index in [1.165, 1.54) is 0 Å². The third-order valence-corrected chi connectivity index (χ3v) is 4.60. The van der Waals surface area contributed by atoms with Crippen molar-refractivity contribution in [3.8, 4) is 5.75 Å². The summed E-state index contributed by atoms with van der Waals surface area (Å²) in [6.07, 6.45) is 1.89. The van der Waals surface area contributed by atoms with Gasteiger partial charge in [0.1, 0.15) is 12.4 Å². The zero-order chi connectivity index (χ0) is 19.6. The molecule has 1 amide bonds. The quantitative estimate of drug-likeness (QED) is 0.690. The van der Waals surface area contributed by atoms with Crippen molar-refractivity contribution in [2.24, 2.45) is 0 Å². The minimum Gasteiger partial charge on any atom is -0.497 e. The van der Waals surface area contributed by atoms with Crippen molar-refractivity contribution in [3.05, 3.63) is 65.7 Å².